The second-order valence-electron chi connectivity index (χ2n) is 7.21. The van der Waals surface area contributed by atoms with E-state index >= 15 is 0 Å². The number of hydrogen-bond donors (Lipinski definition) is 0. The fraction of sp³-hybridized carbons (Fsp3) is 0.526. The van der Waals surface area contributed by atoms with Crippen LogP contribution in [-0.2, 0) is 0 Å². The van der Waals surface area contributed by atoms with Gasteiger partial charge in [-0.15, -0.1) is 5.10 Å². The second-order valence-corrected chi connectivity index (χ2v) is 7.21. The molecule has 2 aliphatic heterocycles. The van der Waals surface area contributed by atoms with Gasteiger partial charge in [-0.1, -0.05) is 23.8 Å². The quantitative estimate of drug-likeness (QED) is 0.842. The Morgan fingerprint density at radius 2 is 2.04 bits per heavy atom. The zero-order valence-corrected chi connectivity index (χ0v) is 15.0. The van der Waals surface area contributed by atoms with Crippen LogP contribution in [0, 0.1) is 13.8 Å². The molecule has 0 spiro atoms. The first-order valence-corrected chi connectivity index (χ1v) is 9.16. The molecule has 0 radical (unpaired) electrons. The minimum Gasteiger partial charge on any atom is -0.334 e. The van der Waals surface area contributed by atoms with Gasteiger partial charge in [-0.25, -0.2) is 4.68 Å². The van der Waals surface area contributed by atoms with Gasteiger partial charge in [-0.05, 0) is 50.9 Å². The number of carbonyl (C=O) groups excluding carboxylic acids is 1. The van der Waals surface area contributed by atoms with Gasteiger partial charge in [0.15, 0.2) is 5.69 Å². The molecule has 4 rings (SSSR count). The number of piperidine rings is 1. The lowest BCUT2D eigenvalue weighted by molar-refractivity contribution is 0.0367. The fourth-order valence-electron chi connectivity index (χ4n) is 4.02. The Labute approximate surface area is 148 Å². The summed E-state index contributed by atoms with van der Waals surface area (Å²) in [7, 11) is 0. The van der Waals surface area contributed by atoms with E-state index in [1.165, 1.54) is 25.8 Å². The molecule has 2 aromatic rings. The molecule has 6 heteroatoms. The Morgan fingerprint density at radius 3 is 2.88 bits per heavy atom. The van der Waals surface area contributed by atoms with Gasteiger partial charge in [-0.3, -0.25) is 9.69 Å². The van der Waals surface area contributed by atoms with Gasteiger partial charge in [-0.2, -0.15) is 0 Å². The summed E-state index contributed by atoms with van der Waals surface area (Å²) in [5.74, 6) is 0.0154. The van der Waals surface area contributed by atoms with E-state index in [9.17, 15) is 4.79 Å². The molecule has 1 amide bonds. The summed E-state index contributed by atoms with van der Waals surface area (Å²) in [6.07, 6.45) is 3.75. The molecule has 2 saturated heterocycles. The first-order chi connectivity index (χ1) is 12.1. The van der Waals surface area contributed by atoms with Gasteiger partial charge in [0.2, 0.25) is 0 Å². The molecule has 2 fully saturated rings. The molecule has 3 heterocycles. The number of fused-ring (bicyclic) bond motifs is 1. The van der Waals surface area contributed by atoms with E-state index in [2.05, 4.69) is 21.3 Å². The third-order valence-corrected chi connectivity index (χ3v) is 5.47. The van der Waals surface area contributed by atoms with Gasteiger partial charge in [0, 0.05) is 25.7 Å². The van der Waals surface area contributed by atoms with E-state index in [0.717, 1.165) is 36.6 Å². The average Bonchev–Trinajstić information content (AvgIpc) is 3.02. The van der Waals surface area contributed by atoms with Crippen LogP contribution in [0.4, 0.5) is 0 Å². The number of hydrogen-bond acceptors (Lipinski definition) is 4. The standard InChI is InChI=1S/C19H25N5O/c1-14-6-5-8-16(12-14)24-15(2)18(20-21-24)19(25)23-11-10-22-9-4-3-7-17(22)13-23/h5-6,8,12,17H,3-4,7,9-11,13H2,1-2H3/t17-/m0/s1. The number of nitrogens with zero attached hydrogens (tertiary/aromatic N) is 5. The third-order valence-electron chi connectivity index (χ3n) is 5.47. The van der Waals surface area contributed by atoms with Crippen LogP contribution in [0.15, 0.2) is 24.3 Å². The van der Waals surface area contributed by atoms with Crippen LogP contribution in [0.2, 0.25) is 0 Å². The van der Waals surface area contributed by atoms with Crippen molar-refractivity contribution in [2.24, 2.45) is 0 Å². The molecule has 1 aromatic carbocycles. The Bertz CT molecular complexity index is 784. The molecule has 25 heavy (non-hydrogen) atoms. The van der Waals surface area contributed by atoms with Gasteiger partial charge < -0.3 is 4.90 Å². The lowest BCUT2D eigenvalue weighted by Gasteiger charge is -2.43. The van der Waals surface area contributed by atoms with E-state index in [0.29, 0.717) is 11.7 Å². The molecule has 0 bridgehead atoms. The highest BCUT2D eigenvalue weighted by molar-refractivity contribution is 5.93. The maximum atomic E-state index is 13.0. The summed E-state index contributed by atoms with van der Waals surface area (Å²) in [6.45, 7) is 7.72. The molecule has 1 atom stereocenters. The maximum Gasteiger partial charge on any atom is 0.276 e. The Morgan fingerprint density at radius 1 is 1.16 bits per heavy atom. The van der Waals surface area contributed by atoms with Crippen molar-refractivity contribution in [2.45, 2.75) is 39.2 Å². The highest BCUT2D eigenvalue weighted by Crippen LogP contribution is 2.23. The summed E-state index contributed by atoms with van der Waals surface area (Å²) in [4.78, 5) is 17.5. The largest absolute Gasteiger partial charge is 0.334 e. The Balaban J connectivity index is 1.55. The minimum absolute atomic E-state index is 0.0154. The van der Waals surface area contributed by atoms with Crippen LogP contribution < -0.4 is 0 Å². The van der Waals surface area contributed by atoms with Crippen LogP contribution >= 0.6 is 0 Å². The lowest BCUT2D eigenvalue weighted by atomic mass is 9.99. The summed E-state index contributed by atoms with van der Waals surface area (Å²) >= 11 is 0. The predicted octanol–water partition coefficient (Wildman–Crippen LogP) is 2.19. The molecule has 1 aromatic heterocycles. The van der Waals surface area contributed by atoms with Gasteiger partial charge >= 0.3 is 0 Å². The Kier molecular flexibility index (Phi) is 4.29. The van der Waals surface area contributed by atoms with Crippen molar-refractivity contribution < 1.29 is 4.79 Å². The van der Waals surface area contributed by atoms with Crippen LogP contribution in [0.5, 0.6) is 0 Å². The van der Waals surface area contributed by atoms with Crippen molar-refractivity contribution >= 4 is 5.91 Å². The number of rotatable bonds is 2. The van der Waals surface area contributed by atoms with Crippen molar-refractivity contribution in [3.63, 3.8) is 0 Å². The monoisotopic (exact) mass is 339 g/mol. The number of amides is 1. The molecule has 0 aliphatic carbocycles. The molecule has 6 nitrogen and oxygen atoms in total. The number of benzene rings is 1. The number of aromatic nitrogens is 3. The molecule has 2 aliphatic rings. The number of piperazine rings is 1. The van der Waals surface area contributed by atoms with Gasteiger partial charge in [0.1, 0.15) is 0 Å². The van der Waals surface area contributed by atoms with Crippen LogP contribution in [0.1, 0.15) is 41.0 Å². The maximum absolute atomic E-state index is 13.0. The summed E-state index contributed by atoms with van der Waals surface area (Å²) in [5.41, 5.74) is 3.39. The topological polar surface area (TPSA) is 54.3 Å². The van der Waals surface area contributed by atoms with E-state index < -0.39 is 0 Å². The zero-order valence-electron chi connectivity index (χ0n) is 15.0. The zero-order chi connectivity index (χ0) is 17.4. The fourth-order valence-corrected chi connectivity index (χ4v) is 4.02. The van der Waals surface area contributed by atoms with Crippen molar-refractivity contribution in [3.05, 3.63) is 41.2 Å². The molecule has 0 N–H and O–H groups in total. The molecular weight excluding hydrogens is 314 g/mol. The van der Waals surface area contributed by atoms with Gasteiger partial charge in [0.25, 0.3) is 5.91 Å². The van der Waals surface area contributed by atoms with E-state index in [1.807, 2.05) is 36.9 Å². The van der Waals surface area contributed by atoms with Crippen LogP contribution in [0.25, 0.3) is 5.69 Å². The van der Waals surface area contributed by atoms with Gasteiger partial charge in [0.05, 0.1) is 11.4 Å². The van der Waals surface area contributed by atoms with Crippen LogP contribution in [0.3, 0.4) is 0 Å². The number of aryl methyl sites for hydroxylation is 1. The molecule has 0 saturated carbocycles. The van der Waals surface area contributed by atoms with Crippen molar-refractivity contribution in [2.75, 3.05) is 26.2 Å². The summed E-state index contributed by atoms with van der Waals surface area (Å²) in [5, 5.41) is 8.44. The van der Waals surface area contributed by atoms with Crippen LogP contribution in [-0.4, -0.2) is 62.9 Å². The smallest absolute Gasteiger partial charge is 0.276 e. The first-order valence-electron chi connectivity index (χ1n) is 9.16. The van der Waals surface area contributed by atoms with Crippen molar-refractivity contribution in [3.8, 4) is 5.69 Å². The van der Waals surface area contributed by atoms with E-state index in [-0.39, 0.29) is 5.91 Å². The number of carbonyl (C=O) groups is 1. The third kappa shape index (κ3) is 3.06. The summed E-state index contributed by atoms with van der Waals surface area (Å²) < 4.78 is 1.76. The van der Waals surface area contributed by atoms with E-state index in [1.54, 1.807) is 4.68 Å². The lowest BCUT2D eigenvalue weighted by Crippen LogP contribution is -2.56. The van der Waals surface area contributed by atoms with E-state index in [4.69, 9.17) is 0 Å². The minimum atomic E-state index is 0.0154. The normalized spacial score (nSPS) is 21.2. The van der Waals surface area contributed by atoms with Crippen molar-refractivity contribution in [1.82, 2.24) is 24.8 Å². The predicted molar refractivity (Wildman–Crippen MR) is 95.9 cm³/mol. The highest BCUT2D eigenvalue weighted by Gasteiger charge is 2.33. The Hall–Kier alpha value is -2.21. The molecule has 0 unspecified atom stereocenters. The SMILES string of the molecule is Cc1cccc(-n2nnc(C(=O)N3CCN4CCCC[C@H]4C3)c2C)c1. The second kappa shape index (κ2) is 6.59. The highest BCUT2D eigenvalue weighted by atomic mass is 16.2. The van der Waals surface area contributed by atoms with Crippen molar-refractivity contribution in [1.29, 1.82) is 0 Å². The molecular formula is C19H25N5O. The molecule has 132 valence electrons. The first kappa shape index (κ1) is 16.3. The summed E-state index contributed by atoms with van der Waals surface area (Å²) in [6, 6.07) is 8.60. The average molecular weight is 339 g/mol.